The number of thiazole rings is 1. The Morgan fingerprint density at radius 2 is 1.93 bits per heavy atom. The van der Waals surface area contributed by atoms with Gasteiger partial charge in [-0.15, -0.1) is 11.3 Å². The normalized spacial score (nSPS) is 10.7. The summed E-state index contributed by atoms with van der Waals surface area (Å²) in [6.07, 6.45) is 0. The number of aromatic nitrogens is 1. The van der Waals surface area contributed by atoms with Crippen LogP contribution in [0.1, 0.15) is 15.4 Å². The van der Waals surface area contributed by atoms with E-state index in [1.54, 1.807) is 0 Å². The number of nitro groups is 1. The summed E-state index contributed by atoms with van der Waals surface area (Å²) >= 11 is 6.56. The van der Waals surface area contributed by atoms with E-state index in [1.165, 1.54) is 25.1 Å². The van der Waals surface area contributed by atoms with Crippen molar-refractivity contribution in [1.29, 1.82) is 0 Å². The molecule has 10 heteroatoms. The molecule has 0 atom stereocenters. The molecule has 6 nitrogen and oxygen atoms in total. The van der Waals surface area contributed by atoms with Gasteiger partial charge in [0.05, 0.1) is 16.2 Å². The summed E-state index contributed by atoms with van der Waals surface area (Å²) in [5.41, 5.74) is -0.238. The lowest BCUT2D eigenvalue weighted by molar-refractivity contribution is -0.384. The minimum atomic E-state index is -0.788. The van der Waals surface area contributed by atoms with Gasteiger partial charge in [-0.05, 0) is 31.2 Å². The van der Waals surface area contributed by atoms with Crippen LogP contribution in [0.2, 0.25) is 5.02 Å². The van der Waals surface area contributed by atoms with E-state index in [-0.39, 0.29) is 37.5 Å². The highest BCUT2D eigenvalue weighted by Gasteiger charge is 2.21. The highest BCUT2D eigenvalue weighted by molar-refractivity contribution is 7.17. The molecule has 0 saturated heterocycles. The number of carbonyl (C=O) groups is 1. The minimum Gasteiger partial charge on any atom is -0.321 e. The second-order valence-electron chi connectivity index (χ2n) is 5.41. The first kappa shape index (κ1) is 18.9. The number of benzene rings is 2. The van der Waals surface area contributed by atoms with Crippen LogP contribution in [0.5, 0.6) is 0 Å². The third-order valence-electron chi connectivity index (χ3n) is 3.58. The number of anilines is 1. The molecule has 0 radical (unpaired) electrons. The molecule has 1 N–H and O–H groups in total. The quantitative estimate of drug-likeness (QED) is 0.473. The highest BCUT2D eigenvalue weighted by atomic mass is 35.5. The molecule has 0 aliphatic carbocycles. The molecule has 1 amide bonds. The van der Waals surface area contributed by atoms with E-state index in [0.29, 0.717) is 0 Å². The van der Waals surface area contributed by atoms with E-state index in [1.807, 2.05) is 0 Å². The number of aryl methyl sites for hydroxylation is 1. The smallest absolute Gasteiger partial charge is 0.289 e. The summed E-state index contributed by atoms with van der Waals surface area (Å²) in [7, 11) is 0. The lowest BCUT2D eigenvalue weighted by atomic mass is 10.2. The van der Waals surface area contributed by atoms with Gasteiger partial charge in [-0.25, -0.2) is 13.8 Å². The van der Waals surface area contributed by atoms with E-state index < -0.39 is 22.5 Å². The monoisotopic (exact) mass is 409 g/mol. The Balaban J connectivity index is 1.92. The fraction of sp³-hybridized carbons (Fsp3) is 0.0588. The van der Waals surface area contributed by atoms with E-state index in [9.17, 15) is 23.7 Å². The average molecular weight is 410 g/mol. The summed E-state index contributed by atoms with van der Waals surface area (Å²) in [6, 6.07) is 7.24. The second kappa shape index (κ2) is 7.37. The second-order valence-corrected chi connectivity index (χ2v) is 6.81. The van der Waals surface area contributed by atoms with Crippen LogP contribution in [0.3, 0.4) is 0 Å². The van der Waals surface area contributed by atoms with E-state index in [0.717, 1.165) is 29.5 Å². The van der Waals surface area contributed by atoms with Crippen LogP contribution in [0.25, 0.3) is 10.6 Å². The molecule has 2 aromatic carbocycles. The Kier molecular flexibility index (Phi) is 5.15. The van der Waals surface area contributed by atoms with Crippen LogP contribution < -0.4 is 5.32 Å². The molecule has 0 bridgehead atoms. The molecule has 3 rings (SSSR count). The van der Waals surface area contributed by atoms with Crippen LogP contribution in [0.15, 0.2) is 36.4 Å². The summed E-state index contributed by atoms with van der Waals surface area (Å²) in [5.74, 6) is -2.18. The maximum Gasteiger partial charge on any atom is 0.289 e. The molecule has 0 saturated carbocycles. The summed E-state index contributed by atoms with van der Waals surface area (Å²) in [4.78, 5) is 27.0. The maximum absolute atomic E-state index is 13.9. The molecular formula is C17H10ClF2N3O3S. The standard InChI is InChI=1S/C17H10ClF2N3O3S/c1-8-15(27-17(21-8)14-11(19)3-2-4-12(14)20)16(24)22-9-5-6-10(18)13(7-9)23(25)26/h2-7H,1H3,(H,22,24). The Hall–Kier alpha value is -2.91. The van der Waals surface area contributed by atoms with Gasteiger partial charge in [0.2, 0.25) is 0 Å². The van der Waals surface area contributed by atoms with Crippen molar-refractivity contribution < 1.29 is 18.5 Å². The Bertz CT molecular complexity index is 1050. The van der Waals surface area contributed by atoms with E-state index >= 15 is 0 Å². The average Bonchev–Trinajstić information content (AvgIpc) is 2.97. The van der Waals surface area contributed by atoms with Crippen LogP contribution in [0, 0.1) is 28.7 Å². The zero-order chi connectivity index (χ0) is 19.7. The molecule has 0 spiro atoms. The van der Waals surface area contributed by atoms with E-state index in [2.05, 4.69) is 10.3 Å². The predicted octanol–water partition coefficient (Wildman–Crippen LogP) is 5.21. The van der Waals surface area contributed by atoms with Gasteiger partial charge in [0.25, 0.3) is 11.6 Å². The van der Waals surface area contributed by atoms with Gasteiger partial charge in [0.1, 0.15) is 26.5 Å². The van der Waals surface area contributed by atoms with Crippen molar-refractivity contribution in [3.63, 3.8) is 0 Å². The number of halogens is 3. The highest BCUT2D eigenvalue weighted by Crippen LogP contribution is 2.33. The number of nitrogens with one attached hydrogen (secondary N) is 1. The molecule has 3 aromatic rings. The third kappa shape index (κ3) is 3.79. The van der Waals surface area contributed by atoms with Crippen molar-refractivity contribution >= 4 is 40.2 Å². The Morgan fingerprint density at radius 3 is 2.56 bits per heavy atom. The fourth-order valence-corrected chi connectivity index (χ4v) is 3.53. The van der Waals surface area contributed by atoms with Gasteiger partial charge in [-0.3, -0.25) is 14.9 Å². The number of rotatable bonds is 4. The van der Waals surface area contributed by atoms with Crippen molar-refractivity contribution in [2.24, 2.45) is 0 Å². The molecule has 27 heavy (non-hydrogen) atoms. The van der Waals surface area contributed by atoms with Crippen molar-refractivity contribution in [3.05, 3.63) is 73.7 Å². The van der Waals surface area contributed by atoms with E-state index in [4.69, 9.17) is 11.6 Å². The predicted molar refractivity (Wildman–Crippen MR) is 98.3 cm³/mol. The van der Waals surface area contributed by atoms with Gasteiger partial charge in [-0.2, -0.15) is 0 Å². The first-order valence-electron chi connectivity index (χ1n) is 7.45. The van der Waals surface area contributed by atoms with Gasteiger partial charge in [0.15, 0.2) is 0 Å². The number of carbonyl (C=O) groups excluding carboxylic acids is 1. The topological polar surface area (TPSA) is 85.1 Å². The number of nitrogens with zero attached hydrogens (tertiary/aromatic N) is 2. The molecule has 138 valence electrons. The van der Waals surface area contributed by atoms with Crippen molar-refractivity contribution in [3.8, 4) is 10.6 Å². The zero-order valence-electron chi connectivity index (χ0n) is 13.6. The van der Waals surface area contributed by atoms with Gasteiger partial charge < -0.3 is 5.32 Å². The molecule has 0 unspecified atom stereocenters. The lowest BCUT2D eigenvalue weighted by Gasteiger charge is -2.04. The first-order valence-corrected chi connectivity index (χ1v) is 8.64. The molecular weight excluding hydrogens is 400 g/mol. The van der Waals surface area contributed by atoms with Crippen LogP contribution in [0.4, 0.5) is 20.2 Å². The minimum absolute atomic E-state index is 0.0235. The molecule has 0 aliphatic heterocycles. The number of hydrogen-bond acceptors (Lipinski definition) is 5. The SMILES string of the molecule is Cc1nc(-c2c(F)cccc2F)sc1C(=O)Nc1ccc(Cl)c([N+](=O)[O-])c1. The largest absolute Gasteiger partial charge is 0.321 e. The maximum atomic E-state index is 13.9. The zero-order valence-corrected chi connectivity index (χ0v) is 15.2. The Labute approximate surface area is 160 Å². The van der Waals surface area contributed by atoms with Crippen LogP contribution >= 0.6 is 22.9 Å². The van der Waals surface area contributed by atoms with Gasteiger partial charge >= 0.3 is 0 Å². The van der Waals surface area contributed by atoms with Crippen molar-refractivity contribution in [2.45, 2.75) is 6.92 Å². The van der Waals surface area contributed by atoms with Gasteiger partial charge in [0, 0.05) is 11.8 Å². The van der Waals surface area contributed by atoms with Crippen LogP contribution in [-0.2, 0) is 0 Å². The van der Waals surface area contributed by atoms with Crippen molar-refractivity contribution in [2.75, 3.05) is 5.32 Å². The molecule has 1 heterocycles. The van der Waals surface area contributed by atoms with Gasteiger partial charge in [-0.1, -0.05) is 17.7 Å². The number of nitro benzene ring substituents is 1. The molecule has 1 aromatic heterocycles. The summed E-state index contributed by atoms with van der Waals surface area (Å²) in [6.45, 7) is 1.53. The number of amides is 1. The first-order chi connectivity index (χ1) is 12.8. The Morgan fingerprint density at radius 1 is 1.26 bits per heavy atom. The van der Waals surface area contributed by atoms with Crippen LogP contribution in [-0.4, -0.2) is 15.8 Å². The number of hydrogen-bond donors (Lipinski definition) is 1. The summed E-state index contributed by atoms with van der Waals surface area (Å²) < 4.78 is 27.9. The third-order valence-corrected chi connectivity index (χ3v) is 5.07. The molecule has 0 aliphatic rings. The fourth-order valence-electron chi connectivity index (χ4n) is 2.33. The summed E-state index contributed by atoms with van der Waals surface area (Å²) in [5, 5.41) is 13.4. The molecule has 0 fully saturated rings. The lowest BCUT2D eigenvalue weighted by Crippen LogP contribution is -2.11. The van der Waals surface area contributed by atoms with Crippen molar-refractivity contribution in [1.82, 2.24) is 4.98 Å².